The first-order valence-electron chi connectivity index (χ1n) is 9.71. The summed E-state index contributed by atoms with van der Waals surface area (Å²) in [6.45, 7) is 1.65. The number of benzene rings is 2. The third kappa shape index (κ3) is 4.49. The number of halogens is 2. The third-order valence-electron chi connectivity index (χ3n) is 5.33. The first kappa shape index (κ1) is 22.2. The van der Waals surface area contributed by atoms with Crippen LogP contribution in [0.5, 0.6) is 0 Å². The Morgan fingerprint density at radius 1 is 1.06 bits per heavy atom. The summed E-state index contributed by atoms with van der Waals surface area (Å²) in [7, 11) is -1.47. The molecule has 1 aliphatic heterocycles. The van der Waals surface area contributed by atoms with Crippen LogP contribution in [0.15, 0.2) is 64.5 Å². The zero-order chi connectivity index (χ0) is 22.3. The lowest BCUT2D eigenvalue weighted by Gasteiger charge is -2.14. The number of fused-ring (bicyclic) bond motifs is 3. The molecule has 31 heavy (non-hydrogen) atoms. The van der Waals surface area contributed by atoms with E-state index >= 15 is 0 Å². The van der Waals surface area contributed by atoms with Crippen molar-refractivity contribution in [1.82, 2.24) is 4.57 Å². The Balaban J connectivity index is 2.00. The van der Waals surface area contributed by atoms with Gasteiger partial charge in [0.05, 0.1) is 11.5 Å². The fraction of sp³-hybridized carbons (Fsp3) is 0.217. The molecule has 0 aliphatic carbocycles. The molecule has 0 N–H and O–H groups in total. The molecule has 3 aromatic rings. The second kappa shape index (κ2) is 8.52. The normalized spacial score (nSPS) is 15.6. The molecule has 5 nitrogen and oxygen atoms in total. The number of rotatable bonds is 4. The Morgan fingerprint density at radius 2 is 1.77 bits per heavy atom. The Hall–Kier alpha value is -1.97. The standard InChI is InChI=1S/C23H20ClIN2O3S/c1-3-31(29,30)13-14-4-9-17-18(10-14)20-12-27(2)21(28)11-19(20)23(25)26-22(17)15-5-7-16(24)8-6-15/h4-12,23H,3,13H2,1-2H3/t23-/m1/s1. The topological polar surface area (TPSA) is 68.5 Å². The molecule has 1 aliphatic rings. The van der Waals surface area contributed by atoms with Crippen LogP contribution in [0, 0.1) is 0 Å². The molecule has 4 rings (SSSR count). The van der Waals surface area contributed by atoms with Gasteiger partial charge in [-0.2, -0.15) is 0 Å². The van der Waals surface area contributed by atoms with Crippen molar-refractivity contribution in [3.8, 4) is 11.1 Å². The summed E-state index contributed by atoms with van der Waals surface area (Å²) in [4.78, 5) is 17.3. The molecular formula is C23H20ClIN2O3S. The summed E-state index contributed by atoms with van der Waals surface area (Å²) in [5.41, 5.74) is 5.72. The molecule has 8 heteroatoms. The summed E-state index contributed by atoms with van der Waals surface area (Å²) >= 11 is 8.31. The van der Waals surface area contributed by atoms with Crippen molar-refractivity contribution in [2.75, 3.05) is 5.75 Å². The molecule has 1 aromatic heterocycles. The van der Waals surface area contributed by atoms with Crippen LogP contribution >= 0.6 is 34.2 Å². The van der Waals surface area contributed by atoms with Crippen molar-refractivity contribution in [3.05, 3.63) is 92.4 Å². The number of aryl methyl sites for hydroxylation is 1. The lowest BCUT2D eigenvalue weighted by molar-refractivity contribution is 0.596. The molecular weight excluding hydrogens is 547 g/mol. The Bertz CT molecular complexity index is 1360. The van der Waals surface area contributed by atoms with E-state index in [0.29, 0.717) is 10.6 Å². The van der Waals surface area contributed by atoms with Crippen LogP contribution in [0.25, 0.3) is 11.1 Å². The van der Waals surface area contributed by atoms with Crippen molar-refractivity contribution in [3.63, 3.8) is 0 Å². The van der Waals surface area contributed by atoms with Gasteiger partial charge in [-0.15, -0.1) is 0 Å². The fourth-order valence-electron chi connectivity index (χ4n) is 3.62. The molecule has 2 heterocycles. The summed E-state index contributed by atoms with van der Waals surface area (Å²) < 4.78 is 25.7. The molecule has 2 aromatic carbocycles. The molecule has 160 valence electrons. The number of nitrogens with zero attached hydrogens (tertiary/aromatic N) is 2. The van der Waals surface area contributed by atoms with Crippen LogP contribution in [-0.4, -0.2) is 24.4 Å². The summed E-state index contributed by atoms with van der Waals surface area (Å²) in [6.07, 6.45) is 1.81. The van der Waals surface area contributed by atoms with Crippen LogP contribution in [0.4, 0.5) is 0 Å². The highest BCUT2D eigenvalue weighted by Gasteiger charge is 2.25. The molecule has 1 atom stereocenters. The van der Waals surface area contributed by atoms with Gasteiger partial charge in [-0.3, -0.25) is 9.79 Å². The van der Waals surface area contributed by atoms with Gasteiger partial charge < -0.3 is 4.57 Å². The van der Waals surface area contributed by atoms with E-state index in [2.05, 4.69) is 22.6 Å². The highest BCUT2D eigenvalue weighted by Crippen LogP contribution is 2.40. The van der Waals surface area contributed by atoms with E-state index in [0.717, 1.165) is 33.5 Å². The maximum atomic E-state index is 12.4. The second-order valence-corrected chi connectivity index (χ2v) is 11.4. The smallest absolute Gasteiger partial charge is 0.250 e. The van der Waals surface area contributed by atoms with Gasteiger partial charge in [0.1, 0.15) is 4.05 Å². The Kier molecular flexibility index (Phi) is 6.11. The van der Waals surface area contributed by atoms with Gasteiger partial charge in [0, 0.05) is 52.3 Å². The van der Waals surface area contributed by atoms with Gasteiger partial charge in [0.25, 0.3) is 5.56 Å². The number of aliphatic imine (C=N–C) groups is 1. The van der Waals surface area contributed by atoms with Gasteiger partial charge in [-0.05, 0) is 29.3 Å². The summed E-state index contributed by atoms with van der Waals surface area (Å²) in [5.74, 6) is 0.0570. The highest BCUT2D eigenvalue weighted by atomic mass is 127. The molecule has 0 unspecified atom stereocenters. The van der Waals surface area contributed by atoms with E-state index in [9.17, 15) is 13.2 Å². The molecule has 0 saturated heterocycles. The Labute approximate surface area is 199 Å². The maximum absolute atomic E-state index is 12.4. The van der Waals surface area contributed by atoms with Crippen molar-refractivity contribution in [2.45, 2.75) is 16.7 Å². The zero-order valence-corrected chi connectivity index (χ0v) is 20.7. The SMILES string of the molecule is CCS(=O)(=O)Cc1ccc2c(c1)-c1cn(C)c(=O)cc1[C@H](I)N=C2c1ccc(Cl)cc1. The number of hydrogen-bond donors (Lipinski definition) is 0. The third-order valence-corrected chi connectivity index (χ3v) is 8.19. The van der Waals surface area contributed by atoms with Crippen LogP contribution in [0.2, 0.25) is 5.02 Å². The van der Waals surface area contributed by atoms with Crippen LogP contribution in [0.3, 0.4) is 0 Å². The van der Waals surface area contributed by atoms with Crippen molar-refractivity contribution in [2.24, 2.45) is 12.0 Å². The molecule has 0 amide bonds. The first-order valence-corrected chi connectivity index (χ1v) is 13.2. The quantitative estimate of drug-likeness (QED) is 0.256. The first-order chi connectivity index (χ1) is 14.7. The molecule has 0 fully saturated rings. The van der Waals surface area contributed by atoms with Crippen LogP contribution < -0.4 is 5.56 Å². The number of pyridine rings is 1. The maximum Gasteiger partial charge on any atom is 0.250 e. The van der Waals surface area contributed by atoms with E-state index in [1.807, 2.05) is 42.5 Å². The van der Waals surface area contributed by atoms with Gasteiger partial charge in [0.2, 0.25) is 0 Å². The zero-order valence-electron chi connectivity index (χ0n) is 17.0. The van der Waals surface area contributed by atoms with Gasteiger partial charge in [0.15, 0.2) is 9.84 Å². The van der Waals surface area contributed by atoms with Gasteiger partial charge >= 0.3 is 0 Å². The van der Waals surface area contributed by atoms with E-state index in [4.69, 9.17) is 16.6 Å². The lowest BCUT2D eigenvalue weighted by Crippen LogP contribution is -2.16. The largest absolute Gasteiger partial charge is 0.318 e. The predicted octanol–water partition coefficient (Wildman–Crippen LogP) is 4.93. The van der Waals surface area contributed by atoms with Crippen LogP contribution in [-0.2, 0) is 22.6 Å². The minimum Gasteiger partial charge on any atom is -0.318 e. The molecule has 0 saturated carbocycles. The lowest BCUT2D eigenvalue weighted by atomic mass is 9.92. The van der Waals surface area contributed by atoms with E-state index in [1.54, 1.807) is 26.2 Å². The van der Waals surface area contributed by atoms with Crippen molar-refractivity contribution < 1.29 is 8.42 Å². The van der Waals surface area contributed by atoms with Gasteiger partial charge in [-0.1, -0.05) is 65.4 Å². The Morgan fingerprint density at radius 3 is 2.45 bits per heavy atom. The summed E-state index contributed by atoms with van der Waals surface area (Å²) in [6, 6.07) is 14.7. The van der Waals surface area contributed by atoms with Crippen LogP contribution in [0.1, 0.15) is 33.2 Å². The van der Waals surface area contributed by atoms with E-state index in [-0.39, 0.29) is 21.1 Å². The number of sulfone groups is 1. The summed E-state index contributed by atoms with van der Waals surface area (Å²) in [5, 5.41) is 0.635. The number of hydrogen-bond acceptors (Lipinski definition) is 4. The molecule has 0 radical (unpaired) electrons. The van der Waals surface area contributed by atoms with E-state index < -0.39 is 9.84 Å². The average Bonchev–Trinajstić information content (AvgIpc) is 2.84. The fourth-order valence-corrected chi connectivity index (χ4v) is 5.43. The van der Waals surface area contributed by atoms with Gasteiger partial charge in [-0.25, -0.2) is 8.42 Å². The minimum absolute atomic E-state index is 0.0288. The average molecular weight is 567 g/mol. The number of aromatic nitrogens is 1. The minimum atomic E-state index is -3.18. The number of alkyl halides is 1. The molecule has 0 spiro atoms. The van der Waals surface area contributed by atoms with E-state index in [1.165, 1.54) is 4.57 Å². The molecule has 0 bridgehead atoms. The second-order valence-electron chi connectivity index (χ2n) is 7.47. The predicted molar refractivity (Wildman–Crippen MR) is 134 cm³/mol. The van der Waals surface area contributed by atoms with Crippen molar-refractivity contribution >= 4 is 49.7 Å². The van der Waals surface area contributed by atoms with Crippen molar-refractivity contribution in [1.29, 1.82) is 0 Å². The monoisotopic (exact) mass is 566 g/mol. The highest BCUT2D eigenvalue weighted by molar-refractivity contribution is 14.1.